The average molecular weight is 510 g/mol. The number of nitrogens with zero attached hydrogens (tertiary/aromatic N) is 6. The molecule has 0 aliphatic heterocycles. The number of fused-ring (bicyclic) bond motifs is 2. The maximum absolute atomic E-state index is 12.6. The predicted molar refractivity (Wildman–Crippen MR) is 148 cm³/mol. The Bertz CT molecular complexity index is 1960. The van der Waals surface area contributed by atoms with Crippen LogP contribution in [0.4, 0.5) is 5.69 Å². The van der Waals surface area contributed by atoms with Gasteiger partial charge in [0.25, 0.3) is 5.91 Å². The lowest BCUT2D eigenvalue weighted by Crippen LogP contribution is -2.11. The number of carbonyl (C=O) groups is 1. The third-order valence-corrected chi connectivity index (χ3v) is 6.33. The number of H-pyrrole nitrogens is 2. The number of pyridine rings is 4. The van der Waals surface area contributed by atoms with Crippen molar-refractivity contribution in [3.63, 3.8) is 0 Å². The van der Waals surface area contributed by atoms with E-state index in [2.05, 4.69) is 40.4 Å². The topological polar surface area (TPSA) is 138 Å². The summed E-state index contributed by atoms with van der Waals surface area (Å²) < 4.78 is 0. The minimum atomic E-state index is -0.209. The Morgan fingerprint density at radius 2 is 1.67 bits per heavy atom. The van der Waals surface area contributed by atoms with Gasteiger partial charge in [-0.1, -0.05) is 24.3 Å². The SMILES string of the molecule is O=C(Nc1cncc(-c2cc3c(-c4nc5c(-c6ccccn6)cncc5[nH]4)n[nH]c3cn2)c1)c1ccccc1. The van der Waals surface area contributed by atoms with Crippen LogP contribution < -0.4 is 5.32 Å². The maximum atomic E-state index is 12.6. The Morgan fingerprint density at radius 1 is 0.795 bits per heavy atom. The van der Waals surface area contributed by atoms with Gasteiger partial charge in [0.15, 0.2) is 5.82 Å². The van der Waals surface area contributed by atoms with Gasteiger partial charge in [0.2, 0.25) is 0 Å². The van der Waals surface area contributed by atoms with E-state index in [1.807, 2.05) is 48.5 Å². The fourth-order valence-corrected chi connectivity index (χ4v) is 4.45. The highest BCUT2D eigenvalue weighted by Gasteiger charge is 2.17. The number of carbonyl (C=O) groups excluding carboxylic acids is 1. The van der Waals surface area contributed by atoms with Crippen LogP contribution in [-0.2, 0) is 0 Å². The quantitative estimate of drug-likeness (QED) is 0.287. The smallest absolute Gasteiger partial charge is 0.255 e. The molecule has 0 aliphatic rings. The van der Waals surface area contributed by atoms with Gasteiger partial charge in [0, 0.05) is 40.7 Å². The molecule has 0 atom stereocenters. The lowest BCUT2D eigenvalue weighted by molar-refractivity contribution is 0.102. The van der Waals surface area contributed by atoms with Gasteiger partial charge in [-0.25, -0.2) is 4.98 Å². The summed E-state index contributed by atoms with van der Waals surface area (Å²) in [6.07, 6.45) is 10.3. The van der Waals surface area contributed by atoms with E-state index >= 15 is 0 Å². The summed E-state index contributed by atoms with van der Waals surface area (Å²) in [6.45, 7) is 0. The van der Waals surface area contributed by atoms with Gasteiger partial charge in [0.05, 0.1) is 46.7 Å². The fraction of sp³-hybridized carbons (Fsp3) is 0. The van der Waals surface area contributed by atoms with E-state index in [1.165, 1.54) is 0 Å². The van der Waals surface area contributed by atoms with Crippen LogP contribution in [-0.4, -0.2) is 46.0 Å². The second-order valence-corrected chi connectivity index (χ2v) is 8.85. The highest BCUT2D eigenvalue weighted by molar-refractivity contribution is 6.04. The van der Waals surface area contributed by atoms with Crippen LogP contribution in [0, 0.1) is 0 Å². The molecule has 10 nitrogen and oxygen atoms in total. The highest BCUT2D eigenvalue weighted by atomic mass is 16.1. The number of amides is 1. The lowest BCUT2D eigenvalue weighted by atomic mass is 10.1. The van der Waals surface area contributed by atoms with Gasteiger partial charge in [-0.3, -0.25) is 29.8 Å². The summed E-state index contributed by atoms with van der Waals surface area (Å²) in [6, 6.07) is 18.5. The number of nitrogens with one attached hydrogen (secondary N) is 3. The first-order chi connectivity index (χ1) is 19.2. The Balaban J connectivity index is 1.25. The van der Waals surface area contributed by atoms with E-state index in [-0.39, 0.29) is 5.91 Å². The van der Waals surface area contributed by atoms with Crippen molar-refractivity contribution in [1.82, 2.24) is 40.1 Å². The van der Waals surface area contributed by atoms with Gasteiger partial charge >= 0.3 is 0 Å². The van der Waals surface area contributed by atoms with Crippen LogP contribution in [0.2, 0.25) is 0 Å². The number of hydrogen-bond acceptors (Lipinski definition) is 7. The van der Waals surface area contributed by atoms with Gasteiger partial charge in [-0.15, -0.1) is 0 Å². The largest absolute Gasteiger partial charge is 0.335 e. The van der Waals surface area contributed by atoms with Crippen LogP contribution in [0.25, 0.3) is 56.0 Å². The van der Waals surface area contributed by atoms with Crippen molar-refractivity contribution in [1.29, 1.82) is 0 Å². The summed E-state index contributed by atoms with van der Waals surface area (Å²) in [5, 5.41) is 11.3. The molecule has 7 aromatic rings. The number of benzene rings is 1. The lowest BCUT2D eigenvalue weighted by Gasteiger charge is -2.07. The molecule has 0 saturated heterocycles. The molecule has 6 heterocycles. The standard InChI is InChI=1S/C29H19N9O/c39-29(17-6-2-1-3-7-17)34-19-10-18(12-30-13-19)23-11-20-24(16-33-23)37-38-27(20)28-35-25-15-31-14-21(26(25)36-28)22-8-4-5-9-32-22/h1-16H,(H,34,39)(H,35,36)(H,37,38). The molecule has 0 unspecified atom stereocenters. The predicted octanol–water partition coefficient (Wildman–Crippen LogP) is 5.27. The Hall–Kier alpha value is -5.77. The summed E-state index contributed by atoms with van der Waals surface area (Å²) in [5.74, 6) is 0.389. The average Bonchev–Trinajstić information content (AvgIpc) is 3.62. The molecule has 0 aliphatic carbocycles. The molecule has 1 aromatic carbocycles. The zero-order valence-corrected chi connectivity index (χ0v) is 20.3. The van der Waals surface area contributed by atoms with Crippen LogP contribution in [0.15, 0.2) is 97.8 Å². The normalized spacial score (nSPS) is 11.2. The number of imidazole rings is 1. The molecule has 1 amide bonds. The number of rotatable bonds is 5. The molecule has 39 heavy (non-hydrogen) atoms. The molecule has 0 bridgehead atoms. The second kappa shape index (κ2) is 9.27. The molecule has 3 N–H and O–H groups in total. The summed E-state index contributed by atoms with van der Waals surface area (Å²) in [7, 11) is 0. The molecule has 0 saturated carbocycles. The molecule has 10 heteroatoms. The summed E-state index contributed by atoms with van der Waals surface area (Å²) in [4.78, 5) is 38.5. The molecule has 6 aromatic heterocycles. The molecule has 7 rings (SSSR count). The van der Waals surface area contributed by atoms with Crippen LogP contribution in [0.1, 0.15) is 10.4 Å². The number of anilines is 1. The van der Waals surface area contributed by atoms with Crippen molar-refractivity contribution in [3.05, 3.63) is 103 Å². The van der Waals surface area contributed by atoms with E-state index in [1.54, 1.807) is 49.3 Å². The minimum Gasteiger partial charge on any atom is -0.335 e. The maximum Gasteiger partial charge on any atom is 0.255 e. The van der Waals surface area contributed by atoms with E-state index in [9.17, 15) is 4.79 Å². The first kappa shape index (κ1) is 22.4. The van der Waals surface area contributed by atoms with Crippen molar-refractivity contribution in [2.75, 3.05) is 5.32 Å². The third-order valence-electron chi connectivity index (χ3n) is 6.33. The fourth-order valence-electron chi connectivity index (χ4n) is 4.45. The van der Waals surface area contributed by atoms with Crippen LogP contribution in [0.3, 0.4) is 0 Å². The molecule has 0 radical (unpaired) electrons. The van der Waals surface area contributed by atoms with E-state index in [0.29, 0.717) is 28.5 Å². The summed E-state index contributed by atoms with van der Waals surface area (Å²) >= 11 is 0. The van der Waals surface area contributed by atoms with Gasteiger partial charge in [0.1, 0.15) is 11.2 Å². The Morgan fingerprint density at radius 3 is 2.54 bits per heavy atom. The first-order valence-electron chi connectivity index (χ1n) is 12.1. The zero-order valence-electron chi connectivity index (χ0n) is 20.3. The van der Waals surface area contributed by atoms with Crippen LogP contribution in [0.5, 0.6) is 0 Å². The molecule has 186 valence electrons. The molecule has 0 fully saturated rings. The van der Waals surface area contributed by atoms with Gasteiger partial charge in [-0.2, -0.15) is 5.10 Å². The van der Waals surface area contributed by atoms with Gasteiger partial charge in [-0.05, 0) is 36.4 Å². The summed E-state index contributed by atoms with van der Waals surface area (Å²) in [5.41, 5.74) is 7.15. The Labute approximate surface area is 221 Å². The highest BCUT2D eigenvalue weighted by Crippen LogP contribution is 2.31. The van der Waals surface area contributed by atoms with Crippen LogP contribution >= 0.6 is 0 Å². The van der Waals surface area contributed by atoms with Gasteiger partial charge < -0.3 is 10.3 Å². The number of aromatic amines is 2. The monoisotopic (exact) mass is 509 g/mol. The van der Waals surface area contributed by atoms with Crippen molar-refractivity contribution >= 4 is 33.5 Å². The number of hydrogen-bond donors (Lipinski definition) is 3. The van der Waals surface area contributed by atoms with Crippen molar-refractivity contribution < 1.29 is 4.79 Å². The zero-order chi connectivity index (χ0) is 26.2. The van der Waals surface area contributed by atoms with E-state index in [0.717, 1.165) is 38.8 Å². The van der Waals surface area contributed by atoms with Crippen molar-refractivity contribution in [2.24, 2.45) is 0 Å². The molecule has 0 spiro atoms. The minimum absolute atomic E-state index is 0.209. The van der Waals surface area contributed by atoms with E-state index in [4.69, 9.17) is 4.98 Å². The second-order valence-electron chi connectivity index (χ2n) is 8.85. The first-order valence-corrected chi connectivity index (χ1v) is 12.1. The molecular weight excluding hydrogens is 490 g/mol. The third kappa shape index (κ3) is 4.15. The number of aromatic nitrogens is 8. The Kier molecular flexibility index (Phi) is 5.33. The van der Waals surface area contributed by atoms with Crippen molar-refractivity contribution in [3.8, 4) is 34.0 Å². The van der Waals surface area contributed by atoms with Crippen molar-refractivity contribution in [2.45, 2.75) is 0 Å². The molecular formula is C29H19N9O. The van der Waals surface area contributed by atoms with E-state index < -0.39 is 0 Å².